The number of nitrogen functional groups attached to an aromatic ring is 1. The van der Waals surface area contributed by atoms with Crippen LogP contribution in [0.2, 0.25) is 10.0 Å². The second kappa shape index (κ2) is 5.90. The van der Waals surface area contributed by atoms with Gasteiger partial charge in [-0.05, 0) is 18.6 Å². The second-order valence-electron chi connectivity index (χ2n) is 6.17. The SMILES string of the molecule is CCCn1c(C(C)(C)C)nc(-c2c(Cl)cccc2Cl)c1N. The molecule has 114 valence electrons. The number of imidazole rings is 1. The summed E-state index contributed by atoms with van der Waals surface area (Å²) in [4.78, 5) is 4.76. The molecular weight excluding hydrogens is 305 g/mol. The lowest BCUT2D eigenvalue weighted by molar-refractivity contribution is 0.498. The average Bonchev–Trinajstić information content (AvgIpc) is 2.68. The molecule has 0 unspecified atom stereocenters. The maximum absolute atomic E-state index is 6.34. The van der Waals surface area contributed by atoms with Crippen molar-refractivity contribution in [1.29, 1.82) is 0 Å². The van der Waals surface area contributed by atoms with E-state index in [1.165, 1.54) is 0 Å². The minimum Gasteiger partial charge on any atom is -0.383 e. The molecule has 0 fully saturated rings. The Morgan fingerprint density at radius 2 is 1.76 bits per heavy atom. The molecule has 2 rings (SSSR count). The van der Waals surface area contributed by atoms with Gasteiger partial charge in [-0.1, -0.05) is 57.0 Å². The maximum Gasteiger partial charge on any atom is 0.131 e. The molecule has 0 saturated carbocycles. The fourth-order valence-corrected chi connectivity index (χ4v) is 2.97. The highest BCUT2D eigenvalue weighted by Crippen LogP contribution is 2.39. The van der Waals surface area contributed by atoms with E-state index in [0.717, 1.165) is 18.8 Å². The van der Waals surface area contributed by atoms with Gasteiger partial charge in [0.2, 0.25) is 0 Å². The minimum atomic E-state index is -0.102. The minimum absolute atomic E-state index is 0.102. The van der Waals surface area contributed by atoms with Crippen LogP contribution >= 0.6 is 23.2 Å². The highest BCUT2D eigenvalue weighted by atomic mass is 35.5. The van der Waals surface area contributed by atoms with Crippen molar-refractivity contribution in [1.82, 2.24) is 9.55 Å². The predicted molar refractivity (Wildman–Crippen MR) is 91.1 cm³/mol. The number of nitrogens with two attached hydrogens (primary N) is 1. The number of nitrogens with zero attached hydrogens (tertiary/aromatic N) is 2. The van der Waals surface area contributed by atoms with Crippen molar-refractivity contribution in [2.75, 3.05) is 5.73 Å². The number of rotatable bonds is 3. The molecule has 3 nitrogen and oxygen atoms in total. The van der Waals surface area contributed by atoms with E-state index in [4.69, 9.17) is 33.9 Å². The molecule has 0 spiro atoms. The zero-order valence-electron chi connectivity index (χ0n) is 12.9. The van der Waals surface area contributed by atoms with E-state index in [1.54, 1.807) is 12.1 Å². The van der Waals surface area contributed by atoms with Gasteiger partial charge in [0.15, 0.2) is 0 Å². The van der Waals surface area contributed by atoms with Crippen LogP contribution in [0.1, 0.15) is 39.9 Å². The number of halogens is 2. The lowest BCUT2D eigenvalue weighted by atomic mass is 9.95. The second-order valence-corrected chi connectivity index (χ2v) is 6.98. The van der Waals surface area contributed by atoms with Crippen LogP contribution in [0.4, 0.5) is 5.82 Å². The Bertz CT molecular complexity index is 634. The smallest absolute Gasteiger partial charge is 0.131 e. The molecular formula is C16H21Cl2N3. The molecule has 0 atom stereocenters. The molecule has 21 heavy (non-hydrogen) atoms. The monoisotopic (exact) mass is 325 g/mol. The Morgan fingerprint density at radius 3 is 2.24 bits per heavy atom. The largest absolute Gasteiger partial charge is 0.383 e. The Balaban J connectivity index is 2.71. The van der Waals surface area contributed by atoms with E-state index in [9.17, 15) is 0 Å². The Hall–Kier alpha value is -1.19. The molecule has 0 aliphatic carbocycles. The van der Waals surface area contributed by atoms with Gasteiger partial charge in [0.05, 0.1) is 10.0 Å². The molecule has 1 aromatic carbocycles. The lowest BCUT2D eigenvalue weighted by Crippen LogP contribution is -2.19. The van der Waals surface area contributed by atoms with Crippen LogP contribution in [-0.4, -0.2) is 9.55 Å². The van der Waals surface area contributed by atoms with E-state index >= 15 is 0 Å². The van der Waals surface area contributed by atoms with E-state index < -0.39 is 0 Å². The fourth-order valence-electron chi connectivity index (χ4n) is 2.40. The third-order valence-electron chi connectivity index (χ3n) is 3.32. The summed E-state index contributed by atoms with van der Waals surface area (Å²) in [6.45, 7) is 9.32. The van der Waals surface area contributed by atoms with Crippen molar-refractivity contribution in [3.05, 3.63) is 34.1 Å². The number of hydrogen-bond donors (Lipinski definition) is 1. The molecule has 5 heteroatoms. The van der Waals surface area contributed by atoms with Crippen LogP contribution in [-0.2, 0) is 12.0 Å². The standard InChI is InChI=1S/C16H21Cl2N3/c1-5-9-21-14(19)13(20-15(21)16(2,3)4)12-10(17)7-6-8-11(12)18/h6-8H,5,9,19H2,1-4H3. The fraction of sp³-hybridized carbons (Fsp3) is 0.438. The van der Waals surface area contributed by atoms with Gasteiger partial charge in [-0.25, -0.2) is 4.98 Å². The van der Waals surface area contributed by atoms with Crippen LogP contribution in [0.25, 0.3) is 11.3 Å². The first kappa shape index (κ1) is 16.2. The van der Waals surface area contributed by atoms with Crippen molar-refractivity contribution in [2.45, 2.75) is 46.1 Å². The van der Waals surface area contributed by atoms with Crippen molar-refractivity contribution in [3.63, 3.8) is 0 Å². The predicted octanol–water partition coefficient (Wildman–Crippen LogP) is 5.15. The lowest BCUT2D eigenvalue weighted by Gasteiger charge is -2.19. The zero-order valence-corrected chi connectivity index (χ0v) is 14.4. The summed E-state index contributed by atoms with van der Waals surface area (Å²) >= 11 is 12.6. The molecule has 0 saturated heterocycles. The van der Waals surface area contributed by atoms with Gasteiger partial charge < -0.3 is 10.3 Å². The summed E-state index contributed by atoms with van der Waals surface area (Å²) in [7, 11) is 0. The quantitative estimate of drug-likeness (QED) is 0.848. The third-order valence-corrected chi connectivity index (χ3v) is 3.95. The molecule has 2 aromatic rings. The molecule has 0 aliphatic heterocycles. The van der Waals surface area contributed by atoms with Gasteiger partial charge in [0, 0.05) is 17.5 Å². The van der Waals surface area contributed by atoms with Gasteiger partial charge in [0.1, 0.15) is 17.3 Å². The normalized spacial score (nSPS) is 11.9. The summed E-state index contributed by atoms with van der Waals surface area (Å²) in [5, 5.41) is 1.13. The first-order valence-electron chi connectivity index (χ1n) is 7.08. The molecule has 0 aliphatic rings. The molecule has 2 N–H and O–H groups in total. The van der Waals surface area contributed by atoms with E-state index in [1.807, 2.05) is 6.07 Å². The van der Waals surface area contributed by atoms with E-state index in [2.05, 4.69) is 32.3 Å². The molecule has 1 heterocycles. The van der Waals surface area contributed by atoms with Crippen molar-refractivity contribution >= 4 is 29.0 Å². The van der Waals surface area contributed by atoms with Crippen LogP contribution < -0.4 is 5.73 Å². The summed E-state index contributed by atoms with van der Waals surface area (Å²) in [6, 6.07) is 5.42. The summed E-state index contributed by atoms with van der Waals surface area (Å²) in [5.41, 5.74) is 7.62. The number of anilines is 1. The van der Waals surface area contributed by atoms with Gasteiger partial charge in [-0.15, -0.1) is 0 Å². The number of hydrogen-bond acceptors (Lipinski definition) is 2. The summed E-state index contributed by atoms with van der Waals surface area (Å²) in [6.07, 6.45) is 0.985. The van der Waals surface area contributed by atoms with Crippen molar-refractivity contribution < 1.29 is 0 Å². The Kier molecular flexibility index (Phi) is 4.54. The Morgan fingerprint density at radius 1 is 1.19 bits per heavy atom. The molecule has 0 bridgehead atoms. The molecule has 0 radical (unpaired) electrons. The van der Waals surface area contributed by atoms with Gasteiger partial charge in [0.25, 0.3) is 0 Å². The van der Waals surface area contributed by atoms with E-state index in [-0.39, 0.29) is 5.41 Å². The first-order valence-corrected chi connectivity index (χ1v) is 7.83. The highest BCUT2D eigenvalue weighted by Gasteiger charge is 2.26. The number of aromatic nitrogens is 2. The topological polar surface area (TPSA) is 43.8 Å². The average molecular weight is 326 g/mol. The van der Waals surface area contributed by atoms with Gasteiger partial charge in [-0.2, -0.15) is 0 Å². The highest BCUT2D eigenvalue weighted by molar-refractivity contribution is 6.39. The van der Waals surface area contributed by atoms with Crippen LogP contribution in [0, 0.1) is 0 Å². The van der Waals surface area contributed by atoms with Gasteiger partial charge in [-0.3, -0.25) is 0 Å². The van der Waals surface area contributed by atoms with Crippen molar-refractivity contribution in [3.8, 4) is 11.3 Å². The number of benzene rings is 1. The van der Waals surface area contributed by atoms with Crippen LogP contribution in [0.3, 0.4) is 0 Å². The van der Waals surface area contributed by atoms with Gasteiger partial charge >= 0.3 is 0 Å². The van der Waals surface area contributed by atoms with Crippen molar-refractivity contribution in [2.24, 2.45) is 0 Å². The zero-order chi connectivity index (χ0) is 15.8. The summed E-state index contributed by atoms with van der Waals surface area (Å²) < 4.78 is 2.06. The van der Waals surface area contributed by atoms with E-state index in [0.29, 0.717) is 27.1 Å². The molecule has 0 amide bonds. The Labute approximate surface area is 136 Å². The summed E-state index contributed by atoms with van der Waals surface area (Å²) in [5.74, 6) is 1.57. The maximum atomic E-state index is 6.34. The first-order chi connectivity index (χ1) is 9.77. The van der Waals surface area contributed by atoms with Crippen LogP contribution in [0.5, 0.6) is 0 Å². The third kappa shape index (κ3) is 3.04. The molecule has 1 aromatic heterocycles. The van der Waals surface area contributed by atoms with Crippen LogP contribution in [0.15, 0.2) is 18.2 Å².